The molecule has 17 heavy (non-hydrogen) atoms. The summed E-state index contributed by atoms with van der Waals surface area (Å²) in [6.45, 7) is 1.43. The van der Waals surface area contributed by atoms with Crippen molar-refractivity contribution in [3.63, 3.8) is 0 Å². The van der Waals surface area contributed by atoms with E-state index >= 15 is 0 Å². The van der Waals surface area contributed by atoms with Gasteiger partial charge in [-0.25, -0.2) is 4.79 Å². The third kappa shape index (κ3) is 4.46. The number of nitrogens with one attached hydrogen (secondary N) is 2. The fraction of sp³-hybridized carbons (Fsp3) is 0.273. The lowest BCUT2D eigenvalue weighted by atomic mass is 10.3. The number of carbonyl (C=O) groups is 2. The average Bonchev–Trinajstić information content (AvgIpc) is 2.26. The molecule has 1 unspecified atom stereocenters. The highest BCUT2D eigenvalue weighted by Crippen LogP contribution is 2.23. The predicted molar refractivity (Wildman–Crippen MR) is 67.1 cm³/mol. The number of aliphatic carboxylic acids is 1. The Hall–Kier alpha value is -1.53. The van der Waals surface area contributed by atoms with Crippen LogP contribution in [0.15, 0.2) is 29.2 Å². The number of amides is 1. The predicted octanol–water partition coefficient (Wildman–Crippen LogP) is 1.37. The zero-order chi connectivity index (χ0) is 12.8. The van der Waals surface area contributed by atoms with Gasteiger partial charge in [-0.1, -0.05) is 11.8 Å². The van der Waals surface area contributed by atoms with Gasteiger partial charge in [0.2, 0.25) is 5.91 Å². The Morgan fingerprint density at radius 1 is 1.29 bits per heavy atom. The summed E-state index contributed by atoms with van der Waals surface area (Å²) in [6, 6.07) is 7.00. The Morgan fingerprint density at radius 2 is 1.88 bits per heavy atom. The van der Waals surface area contributed by atoms with Crippen molar-refractivity contribution in [3.8, 4) is 0 Å². The first-order valence-corrected chi connectivity index (χ1v) is 5.85. The Bertz CT molecular complexity index is 406. The van der Waals surface area contributed by atoms with Crippen molar-refractivity contribution in [2.75, 3.05) is 12.4 Å². The molecule has 1 aromatic rings. The van der Waals surface area contributed by atoms with Crippen LogP contribution in [0.1, 0.15) is 6.92 Å². The van der Waals surface area contributed by atoms with Gasteiger partial charge in [0, 0.05) is 17.5 Å². The molecule has 0 saturated carbocycles. The van der Waals surface area contributed by atoms with Gasteiger partial charge in [0.1, 0.15) is 0 Å². The van der Waals surface area contributed by atoms with E-state index in [-0.39, 0.29) is 5.91 Å². The van der Waals surface area contributed by atoms with Gasteiger partial charge in [0.15, 0.2) is 5.37 Å². The second-order valence-electron chi connectivity index (χ2n) is 3.33. The zero-order valence-corrected chi connectivity index (χ0v) is 10.4. The van der Waals surface area contributed by atoms with E-state index in [9.17, 15) is 9.59 Å². The molecule has 0 aliphatic carbocycles. The van der Waals surface area contributed by atoms with Crippen LogP contribution in [0.5, 0.6) is 0 Å². The maximum Gasteiger partial charge on any atom is 0.331 e. The molecule has 0 radical (unpaired) electrons. The number of likely N-dealkylation sites (N-methyl/N-ethyl adjacent to an activating group) is 1. The van der Waals surface area contributed by atoms with Gasteiger partial charge in [0.25, 0.3) is 0 Å². The van der Waals surface area contributed by atoms with Crippen molar-refractivity contribution >= 4 is 29.3 Å². The smallest absolute Gasteiger partial charge is 0.331 e. The molecular formula is C11H14N2O3S. The molecule has 0 spiro atoms. The highest BCUT2D eigenvalue weighted by molar-refractivity contribution is 8.00. The van der Waals surface area contributed by atoms with Crippen LogP contribution in [0, 0.1) is 0 Å². The average molecular weight is 254 g/mol. The van der Waals surface area contributed by atoms with Crippen molar-refractivity contribution in [3.05, 3.63) is 24.3 Å². The molecule has 0 aromatic heterocycles. The minimum atomic E-state index is -0.913. The summed E-state index contributed by atoms with van der Waals surface area (Å²) < 4.78 is 0. The second kappa shape index (κ2) is 6.27. The van der Waals surface area contributed by atoms with E-state index in [1.54, 1.807) is 31.3 Å². The monoisotopic (exact) mass is 254 g/mol. The minimum Gasteiger partial charge on any atom is -0.479 e. The molecule has 0 aliphatic heterocycles. The van der Waals surface area contributed by atoms with Crippen molar-refractivity contribution in [2.45, 2.75) is 17.2 Å². The van der Waals surface area contributed by atoms with E-state index < -0.39 is 11.3 Å². The number of carboxylic acids is 1. The third-order valence-electron chi connectivity index (χ3n) is 1.92. The van der Waals surface area contributed by atoms with E-state index in [2.05, 4.69) is 10.6 Å². The molecule has 1 atom stereocenters. The number of thioether (sulfide) groups is 1. The van der Waals surface area contributed by atoms with Gasteiger partial charge in [-0.05, 0) is 31.3 Å². The first kappa shape index (κ1) is 13.5. The highest BCUT2D eigenvalue weighted by atomic mass is 32.2. The number of benzene rings is 1. The van der Waals surface area contributed by atoms with Crippen molar-refractivity contribution in [2.24, 2.45) is 0 Å². The van der Waals surface area contributed by atoms with E-state index in [1.165, 1.54) is 18.7 Å². The van der Waals surface area contributed by atoms with Crippen LogP contribution in [0.4, 0.5) is 5.69 Å². The molecular weight excluding hydrogens is 240 g/mol. The molecule has 1 amide bonds. The molecule has 3 N–H and O–H groups in total. The topological polar surface area (TPSA) is 78.4 Å². The second-order valence-corrected chi connectivity index (χ2v) is 4.51. The molecule has 92 valence electrons. The highest BCUT2D eigenvalue weighted by Gasteiger charge is 2.15. The SMILES string of the molecule is CNC(Sc1ccc(NC(C)=O)cc1)C(=O)O. The first-order chi connectivity index (χ1) is 8.02. The summed E-state index contributed by atoms with van der Waals surface area (Å²) in [5, 5.41) is 13.5. The minimum absolute atomic E-state index is 0.135. The molecule has 5 nitrogen and oxygen atoms in total. The standard InChI is InChI=1S/C11H14N2O3S/c1-7(14)13-8-3-5-9(6-4-8)17-10(12-2)11(15)16/h3-6,10,12H,1-2H3,(H,13,14)(H,15,16). The number of carbonyl (C=O) groups excluding carboxylic acids is 1. The van der Waals surface area contributed by atoms with Crippen LogP contribution in [-0.4, -0.2) is 29.4 Å². The molecule has 6 heteroatoms. The van der Waals surface area contributed by atoms with Crippen LogP contribution in [-0.2, 0) is 9.59 Å². The zero-order valence-electron chi connectivity index (χ0n) is 9.56. The van der Waals surface area contributed by atoms with Gasteiger partial charge in [-0.15, -0.1) is 0 Å². The Labute approximate surface area is 104 Å². The van der Waals surface area contributed by atoms with Crippen molar-refractivity contribution in [1.82, 2.24) is 5.32 Å². The van der Waals surface area contributed by atoms with Gasteiger partial charge >= 0.3 is 5.97 Å². The maximum atomic E-state index is 10.8. The fourth-order valence-corrected chi connectivity index (χ4v) is 1.97. The Kier molecular flexibility index (Phi) is 4.99. The summed E-state index contributed by atoms with van der Waals surface area (Å²) in [7, 11) is 1.59. The number of hydrogen-bond acceptors (Lipinski definition) is 4. The molecule has 1 rings (SSSR count). The Morgan fingerprint density at radius 3 is 2.29 bits per heavy atom. The summed E-state index contributed by atoms with van der Waals surface area (Å²) in [6.07, 6.45) is 0. The van der Waals surface area contributed by atoms with E-state index in [0.717, 1.165) is 4.90 Å². The van der Waals surface area contributed by atoms with Crippen LogP contribution in [0.25, 0.3) is 0 Å². The van der Waals surface area contributed by atoms with Crippen molar-refractivity contribution in [1.29, 1.82) is 0 Å². The number of rotatable bonds is 5. The summed E-state index contributed by atoms with van der Waals surface area (Å²) in [5.74, 6) is -1.05. The third-order valence-corrected chi connectivity index (χ3v) is 3.13. The van der Waals surface area contributed by atoms with Crippen LogP contribution in [0.2, 0.25) is 0 Å². The van der Waals surface area contributed by atoms with E-state index in [4.69, 9.17) is 5.11 Å². The maximum absolute atomic E-state index is 10.8. The molecule has 0 fully saturated rings. The molecule has 0 heterocycles. The largest absolute Gasteiger partial charge is 0.479 e. The first-order valence-electron chi connectivity index (χ1n) is 4.97. The normalized spacial score (nSPS) is 11.9. The van der Waals surface area contributed by atoms with E-state index in [0.29, 0.717) is 5.69 Å². The summed E-state index contributed by atoms with van der Waals surface area (Å²) in [4.78, 5) is 22.4. The molecule has 0 bridgehead atoms. The lowest BCUT2D eigenvalue weighted by Gasteiger charge is -2.10. The molecule has 0 saturated heterocycles. The van der Waals surface area contributed by atoms with Crippen LogP contribution in [0.3, 0.4) is 0 Å². The van der Waals surface area contributed by atoms with Gasteiger partial charge in [0.05, 0.1) is 0 Å². The summed E-state index contributed by atoms with van der Waals surface area (Å²) in [5.41, 5.74) is 0.693. The Balaban J connectivity index is 2.67. The summed E-state index contributed by atoms with van der Waals surface area (Å²) >= 11 is 1.20. The van der Waals surface area contributed by atoms with Gasteiger partial charge in [-0.3, -0.25) is 10.1 Å². The lowest BCUT2D eigenvalue weighted by Crippen LogP contribution is -2.30. The quantitative estimate of drug-likeness (QED) is 0.546. The fourth-order valence-electron chi connectivity index (χ4n) is 1.19. The molecule has 0 aliphatic rings. The van der Waals surface area contributed by atoms with Gasteiger partial charge < -0.3 is 10.4 Å². The van der Waals surface area contributed by atoms with Gasteiger partial charge in [-0.2, -0.15) is 0 Å². The van der Waals surface area contributed by atoms with Crippen LogP contribution >= 0.6 is 11.8 Å². The van der Waals surface area contributed by atoms with Crippen LogP contribution < -0.4 is 10.6 Å². The molecule has 1 aromatic carbocycles. The number of anilines is 1. The number of hydrogen-bond donors (Lipinski definition) is 3. The van der Waals surface area contributed by atoms with Crippen molar-refractivity contribution < 1.29 is 14.7 Å². The van der Waals surface area contributed by atoms with E-state index in [1.807, 2.05) is 0 Å². The number of carboxylic acid groups (broad SMARTS) is 1. The lowest BCUT2D eigenvalue weighted by molar-refractivity contribution is -0.136.